The van der Waals surface area contributed by atoms with E-state index in [1.54, 1.807) is 6.92 Å². The van der Waals surface area contributed by atoms with E-state index < -0.39 is 21.8 Å². The zero-order chi connectivity index (χ0) is 14.9. The van der Waals surface area contributed by atoms with E-state index in [4.69, 9.17) is 9.52 Å². The summed E-state index contributed by atoms with van der Waals surface area (Å²) in [6.45, 7) is 1.75. The third-order valence-corrected chi connectivity index (χ3v) is 5.77. The molecular weight excluding hydrogens is 302 g/mol. The van der Waals surface area contributed by atoms with Gasteiger partial charge in [0.1, 0.15) is 0 Å². The topological polar surface area (TPSA) is 87.8 Å². The van der Waals surface area contributed by atoms with Gasteiger partial charge < -0.3 is 9.52 Å². The lowest BCUT2D eigenvalue weighted by Crippen LogP contribution is -2.29. The summed E-state index contributed by atoms with van der Waals surface area (Å²) in [6, 6.07) is 5.59. The Morgan fingerprint density at radius 1 is 1.40 bits per heavy atom. The molecule has 20 heavy (non-hydrogen) atoms. The highest BCUT2D eigenvalue weighted by Crippen LogP contribution is 2.29. The maximum absolute atomic E-state index is 12.3. The minimum absolute atomic E-state index is 0.363. The lowest BCUT2D eigenvalue weighted by molar-refractivity contribution is 0.0656. The number of aromatic carboxylic acids is 1. The van der Waals surface area contributed by atoms with Gasteiger partial charge in [0.2, 0.25) is 10.9 Å². The third kappa shape index (κ3) is 2.62. The molecule has 0 aliphatic carbocycles. The van der Waals surface area contributed by atoms with Gasteiger partial charge in [-0.25, -0.2) is 13.2 Å². The molecular formula is C12H13NO5S2. The highest BCUT2D eigenvalue weighted by molar-refractivity contribution is 7.89. The third-order valence-electron chi connectivity index (χ3n) is 2.93. The fourth-order valence-corrected chi connectivity index (χ4v) is 3.77. The predicted molar refractivity (Wildman–Crippen MR) is 73.4 cm³/mol. The molecule has 0 bridgehead atoms. The number of sulfonamides is 1. The van der Waals surface area contributed by atoms with Crippen molar-refractivity contribution in [1.82, 2.24) is 4.31 Å². The van der Waals surface area contributed by atoms with Crippen LogP contribution in [0.3, 0.4) is 0 Å². The molecule has 0 radical (unpaired) electrons. The van der Waals surface area contributed by atoms with Gasteiger partial charge in [-0.15, -0.1) is 11.3 Å². The highest BCUT2D eigenvalue weighted by atomic mass is 32.2. The van der Waals surface area contributed by atoms with E-state index in [1.165, 1.54) is 18.4 Å². The van der Waals surface area contributed by atoms with Crippen LogP contribution in [0.25, 0.3) is 0 Å². The Hall–Kier alpha value is -1.64. The summed E-state index contributed by atoms with van der Waals surface area (Å²) in [6.07, 6.45) is 0. The van der Waals surface area contributed by atoms with E-state index in [0.29, 0.717) is 0 Å². The van der Waals surface area contributed by atoms with Crippen LogP contribution in [-0.2, 0) is 10.0 Å². The second kappa shape index (κ2) is 5.39. The quantitative estimate of drug-likeness (QED) is 0.915. The molecule has 8 heteroatoms. The molecule has 1 unspecified atom stereocenters. The standard InChI is InChI=1S/C12H13NO5S2/c1-8(10-4-3-7-19-10)13(2)20(16,17)11-6-5-9(18-11)12(14)15/h3-8H,1-2H3,(H,14,15). The molecule has 0 saturated carbocycles. The van der Waals surface area contributed by atoms with Crippen molar-refractivity contribution in [2.45, 2.75) is 18.1 Å². The molecule has 108 valence electrons. The molecule has 6 nitrogen and oxygen atoms in total. The normalized spacial score (nSPS) is 13.6. The van der Waals surface area contributed by atoms with Gasteiger partial charge in [0.15, 0.2) is 0 Å². The first-order valence-corrected chi connectivity index (χ1v) is 8.00. The van der Waals surface area contributed by atoms with Gasteiger partial charge in [-0.3, -0.25) is 0 Å². The molecule has 2 aromatic rings. The van der Waals surface area contributed by atoms with Gasteiger partial charge in [-0.05, 0) is 30.5 Å². The van der Waals surface area contributed by atoms with Crippen LogP contribution in [0.1, 0.15) is 28.4 Å². The first-order chi connectivity index (χ1) is 9.34. The smallest absolute Gasteiger partial charge is 0.371 e. The predicted octanol–water partition coefficient (Wildman–Crippen LogP) is 2.42. The number of carboxylic acid groups (broad SMARTS) is 1. The van der Waals surface area contributed by atoms with Crippen molar-refractivity contribution in [2.24, 2.45) is 0 Å². The van der Waals surface area contributed by atoms with E-state index in [9.17, 15) is 13.2 Å². The molecule has 1 atom stereocenters. The van der Waals surface area contributed by atoms with Crippen molar-refractivity contribution in [3.8, 4) is 0 Å². The van der Waals surface area contributed by atoms with E-state index in [0.717, 1.165) is 21.3 Å². The molecule has 2 aromatic heterocycles. The Balaban J connectivity index is 2.31. The summed E-state index contributed by atoms with van der Waals surface area (Å²) in [4.78, 5) is 11.6. The average Bonchev–Trinajstić information content (AvgIpc) is 3.07. The van der Waals surface area contributed by atoms with Crippen LogP contribution < -0.4 is 0 Å². The molecule has 0 amide bonds. The average molecular weight is 315 g/mol. The van der Waals surface area contributed by atoms with Crippen LogP contribution >= 0.6 is 11.3 Å². The zero-order valence-corrected chi connectivity index (χ0v) is 12.4. The van der Waals surface area contributed by atoms with E-state index >= 15 is 0 Å². The molecule has 0 fully saturated rings. The molecule has 0 saturated heterocycles. The molecule has 0 spiro atoms. The van der Waals surface area contributed by atoms with Crippen molar-refractivity contribution in [3.63, 3.8) is 0 Å². The van der Waals surface area contributed by atoms with Crippen LogP contribution in [0.2, 0.25) is 0 Å². The van der Waals surface area contributed by atoms with Gasteiger partial charge in [-0.2, -0.15) is 4.31 Å². The summed E-state index contributed by atoms with van der Waals surface area (Å²) in [5, 5.41) is 10.2. The molecule has 2 heterocycles. The first kappa shape index (κ1) is 14.8. The number of hydrogen-bond donors (Lipinski definition) is 1. The lowest BCUT2D eigenvalue weighted by Gasteiger charge is -2.22. The van der Waals surface area contributed by atoms with E-state index in [-0.39, 0.29) is 11.1 Å². The van der Waals surface area contributed by atoms with Gasteiger partial charge in [-0.1, -0.05) is 6.07 Å². The monoisotopic (exact) mass is 315 g/mol. The highest BCUT2D eigenvalue weighted by Gasteiger charge is 2.30. The summed E-state index contributed by atoms with van der Waals surface area (Å²) < 4.78 is 30.7. The Bertz CT molecular complexity index is 702. The molecule has 0 aliphatic rings. The second-order valence-electron chi connectivity index (χ2n) is 4.14. The Morgan fingerprint density at radius 3 is 2.60 bits per heavy atom. The fraction of sp³-hybridized carbons (Fsp3) is 0.250. The Morgan fingerprint density at radius 2 is 2.10 bits per heavy atom. The van der Waals surface area contributed by atoms with Crippen molar-refractivity contribution in [1.29, 1.82) is 0 Å². The van der Waals surface area contributed by atoms with E-state index in [1.807, 2.05) is 17.5 Å². The molecule has 2 rings (SSSR count). The van der Waals surface area contributed by atoms with Crippen molar-refractivity contribution >= 4 is 27.3 Å². The van der Waals surface area contributed by atoms with Gasteiger partial charge in [0.25, 0.3) is 10.0 Å². The Labute approximate surface area is 120 Å². The van der Waals surface area contributed by atoms with Crippen molar-refractivity contribution in [3.05, 3.63) is 40.3 Å². The number of nitrogens with zero attached hydrogens (tertiary/aromatic N) is 1. The zero-order valence-electron chi connectivity index (χ0n) is 10.8. The van der Waals surface area contributed by atoms with Gasteiger partial charge >= 0.3 is 5.97 Å². The summed E-state index contributed by atoms with van der Waals surface area (Å²) in [5.74, 6) is -1.71. The molecule has 0 aliphatic heterocycles. The molecule has 0 aromatic carbocycles. The van der Waals surface area contributed by atoms with Crippen LogP contribution in [0.4, 0.5) is 0 Å². The summed E-state index contributed by atoms with van der Waals surface area (Å²) in [7, 11) is -2.43. The maximum atomic E-state index is 12.3. The number of carboxylic acids is 1. The number of hydrogen-bond acceptors (Lipinski definition) is 5. The van der Waals surface area contributed by atoms with E-state index in [2.05, 4.69) is 0 Å². The summed E-state index contributed by atoms with van der Waals surface area (Å²) >= 11 is 1.45. The van der Waals surface area contributed by atoms with Crippen LogP contribution in [0, 0.1) is 0 Å². The number of rotatable bonds is 5. The SMILES string of the molecule is CC(c1cccs1)N(C)S(=O)(=O)c1ccc(C(=O)O)o1. The molecule has 1 N–H and O–H groups in total. The minimum Gasteiger partial charge on any atom is -0.475 e. The first-order valence-electron chi connectivity index (χ1n) is 5.68. The number of furan rings is 1. The fourth-order valence-electron chi connectivity index (χ4n) is 1.63. The van der Waals surface area contributed by atoms with Crippen molar-refractivity contribution < 1.29 is 22.7 Å². The second-order valence-corrected chi connectivity index (χ2v) is 7.04. The number of carbonyl (C=O) groups is 1. The number of thiophene rings is 1. The lowest BCUT2D eigenvalue weighted by atomic mass is 10.3. The van der Waals surface area contributed by atoms with Crippen LogP contribution in [-0.4, -0.2) is 30.8 Å². The summed E-state index contributed by atoms with van der Waals surface area (Å²) in [5.41, 5.74) is 0. The van der Waals surface area contributed by atoms with Gasteiger partial charge in [0, 0.05) is 11.9 Å². The largest absolute Gasteiger partial charge is 0.475 e. The maximum Gasteiger partial charge on any atom is 0.371 e. The van der Waals surface area contributed by atoms with Crippen LogP contribution in [0.5, 0.6) is 0 Å². The van der Waals surface area contributed by atoms with Crippen molar-refractivity contribution in [2.75, 3.05) is 7.05 Å². The Kier molecular flexibility index (Phi) is 3.98. The van der Waals surface area contributed by atoms with Crippen LogP contribution in [0.15, 0.2) is 39.2 Å². The minimum atomic E-state index is -3.87. The van der Waals surface area contributed by atoms with Gasteiger partial charge in [0.05, 0.1) is 6.04 Å².